The van der Waals surface area contributed by atoms with Crippen molar-refractivity contribution in [3.05, 3.63) is 151 Å². The van der Waals surface area contributed by atoms with Crippen molar-refractivity contribution in [1.82, 2.24) is 21.3 Å². The summed E-state index contributed by atoms with van der Waals surface area (Å²) in [5, 5.41) is 22.8. The Kier molecular flexibility index (Phi) is 14.9. The van der Waals surface area contributed by atoms with E-state index in [1.54, 1.807) is 66.7 Å². The van der Waals surface area contributed by atoms with Crippen molar-refractivity contribution in [2.24, 2.45) is 0 Å². The van der Waals surface area contributed by atoms with Crippen molar-refractivity contribution >= 4 is 41.2 Å². The van der Waals surface area contributed by atoms with Crippen molar-refractivity contribution in [2.45, 2.75) is 63.2 Å². The molecule has 5 aromatic rings. The maximum atomic E-state index is 14.2. The summed E-state index contributed by atoms with van der Waals surface area (Å²) >= 11 is 0. The van der Waals surface area contributed by atoms with Gasteiger partial charge in [0, 0.05) is 37.8 Å². The highest BCUT2D eigenvalue weighted by atomic mass is 16.4. The smallest absolute Gasteiger partial charge is 0.325 e. The zero-order valence-electron chi connectivity index (χ0n) is 31.4. The van der Waals surface area contributed by atoms with E-state index in [0.29, 0.717) is 22.6 Å². The number of hydrogen-bond donors (Lipinski definition) is 6. The fraction of sp³-hybridized carbons (Fsp3) is 0.227. The molecule has 0 aliphatic heterocycles. The van der Waals surface area contributed by atoms with Crippen LogP contribution in [-0.4, -0.2) is 64.8 Å². The number of anilines is 1. The first kappa shape index (κ1) is 41.1. The van der Waals surface area contributed by atoms with E-state index < -0.39 is 53.8 Å². The zero-order valence-corrected chi connectivity index (χ0v) is 31.4. The van der Waals surface area contributed by atoms with E-state index in [1.165, 1.54) is 13.2 Å². The fourth-order valence-electron chi connectivity index (χ4n) is 5.97. The standard InChI is InChI=1S/C44H45N5O8/c1-29(44(55)56)45-41(52)36(26-30-12-5-2-6-13-30)48-42(53)37(27-31-19-21-33(22-20-31)32-14-7-3-8-15-32)49-43(54)38(28-35-18-11-25-57-35)47-40(51)24-23-39(50)46-34-16-9-4-10-17-34/h2-22,25,29,36-38H,23-24,26-28H2,1H3,(H,45,52)(H,46,50)(H,47,51)(H,48,53)(H,49,54)(H,55,56)/t29-,36+,37-,38+/m0/s1. The number of rotatable bonds is 19. The normalized spacial score (nSPS) is 12.9. The Bertz CT molecular complexity index is 2090. The van der Waals surface area contributed by atoms with Gasteiger partial charge in [-0.1, -0.05) is 103 Å². The van der Waals surface area contributed by atoms with Crippen LogP contribution in [0.2, 0.25) is 0 Å². The van der Waals surface area contributed by atoms with Gasteiger partial charge >= 0.3 is 5.97 Å². The fourth-order valence-corrected chi connectivity index (χ4v) is 5.97. The number of benzene rings is 4. The lowest BCUT2D eigenvalue weighted by Gasteiger charge is -2.26. The molecule has 1 heterocycles. The number of carbonyl (C=O) groups excluding carboxylic acids is 5. The largest absolute Gasteiger partial charge is 0.480 e. The third-order valence-electron chi connectivity index (χ3n) is 9.05. The van der Waals surface area contributed by atoms with Crippen molar-refractivity contribution < 1.29 is 38.3 Å². The molecule has 0 unspecified atom stereocenters. The summed E-state index contributed by atoms with van der Waals surface area (Å²) in [7, 11) is 0. The molecule has 0 spiro atoms. The molecule has 294 valence electrons. The highest BCUT2D eigenvalue weighted by molar-refractivity contribution is 5.96. The molecule has 0 aliphatic rings. The third kappa shape index (κ3) is 13.1. The molecule has 5 amide bonds. The minimum Gasteiger partial charge on any atom is -0.480 e. The van der Waals surface area contributed by atoms with Crippen molar-refractivity contribution in [3.63, 3.8) is 0 Å². The first-order chi connectivity index (χ1) is 27.5. The minimum absolute atomic E-state index is 0.00107. The summed E-state index contributed by atoms with van der Waals surface area (Å²) in [4.78, 5) is 79.0. The molecule has 5 rings (SSSR count). The highest BCUT2D eigenvalue weighted by Gasteiger charge is 2.31. The van der Waals surface area contributed by atoms with Gasteiger partial charge in [-0.15, -0.1) is 0 Å². The molecule has 0 fully saturated rings. The molecular formula is C44H45N5O8. The monoisotopic (exact) mass is 771 g/mol. The van der Waals surface area contributed by atoms with Gasteiger partial charge in [-0.2, -0.15) is 0 Å². The van der Waals surface area contributed by atoms with Crippen LogP contribution in [0.1, 0.15) is 36.7 Å². The summed E-state index contributed by atoms with van der Waals surface area (Å²) < 4.78 is 5.48. The number of carboxylic acid groups (broad SMARTS) is 1. The number of carboxylic acids is 1. The average molecular weight is 772 g/mol. The molecule has 4 atom stereocenters. The summed E-state index contributed by atoms with van der Waals surface area (Å²) in [6.45, 7) is 1.31. The van der Waals surface area contributed by atoms with Crippen LogP contribution in [0, 0.1) is 0 Å². The Morgan fingerprint density at radius 1 is 0.526 bits per heavy atom. The first-order valence-electron chi connectivity index (χ1n) is 18.5. The molecule has 57 heavy (non-hydrogen) atoms. The van der Waals surface area contributed by atoms with E-state index in [1.807, 2.05) is 60.7 Å². The summed E-state index contributed by atoms with van der Waals surface area (Å²) in [6.07, 6.45) is 1.03. The average Bonchev–Trinajstić information content (AvgIpc) is 3.74. The molecule has 0 saturated heterocycles. The molecule has 0 saturated carbocycles. The lowest BCUT2D eigenvalue weighted by Crippen LogP contribution is -2.58. The molecule has 0 bridgehead atoms. The molecule has 0 radical (unpaired) electrons. The molecule has 0 aliphatic carbocycles. The number of para-hydroxylation sites is 1. The number of amides is 5. The zero-order chi connectivity index (χ0) is 40.6. The molecule has 13 nitrogen and oxygen atoms in total. The molecule has 13 heteroatoms. The Morgan fingerprint density at radius 2 is 1.02 bits per heavy atom. The van der Waals surface area contributed by atoms with Crippen LogP contribution in [0.15, 0.2) is 138 Å². The second kappa shape index (κ2) is 20.6. The summed E-state index contributed by atoms with van der Waals surface area (Å²) in [5.41, 5.74) is 3.91. The van der Waals surface area contributed by atoms with E-state index in [-0.39, 0.29) is 38.0 Å². The minimum atomic E-state index is -1.25. The van der Waals surface area contributed by atoms with E-state index in [2.05, 4.69) is 26.6 Å². The van der Waals surface area contributed by atoms with Gasteiger partial charge in [-0.3, -0.25) is 28.8 Å². The Hall–Kier alpha value is -7.02. The quantitative estimate of drug-likeness (QED) is 0.0709. The summed E-state index contributed by atoms with van der Waals surface area (Å²) in [6, 6.07) is 33.2. The molecule has 1 aromatic heterocycles. The second-order valence-corrected chi connectivity index (χ2v) is 13.5. The number of carbonyl (C=O) groups is 6. The summed E-state index contributed by atoms with van der Waals surface area (Å²) in [5.74, 6) is -3.97. The predicted molar refractivity (Wildman–Crippen MR) is 213 cm³/mol. The van der Waals surface area contributed by atoms with Gasteiger partial charge in [-0.25, -0.2) is 0 Å². The van der Waals surface area contributed by atoms with Gasteiger partial charge in [0.15, 0.2) is 0 Å². The van der Waals surface area contributed by atoms with Gasteiger partial charge in [0.05, 0.1) is 6.26 Å². The van der Waals surface area contributed by atoms with E-state index in [4.69, 9.17) is 4.42 Å². The SMILES string of the molecule is C[C@H](NC(=O)[C@@H](Cc1ccccc1)NC(=O)[C@H](Cc1ccc(-c2ccccc2)cc1)NC(=O)[C@@H](Cc1ccco1)NC(=O)CCC(=O)Nc1ccccc1)C(=O)O. The van der Waals surface area contributed by atoms with Gasteiger partial charge in [0.1, 0.15) is 29.9 Å². The highest BCUT2D eigenvalue weighted by Crippen LogP contribution is 2.20. The topological polar surface area (TPSA) is 196 Å². The van der Waals surface area contributed by atoms with Gasteiger partial charge < -0.3 is 36.1 Å². The number of furan rings is 1. The van der Waals surface area contributed by atoms with Gasteiger partial charge in [-0.05, 0) is 53.4 Å². The maximum absolute atomic E-state index is 14.2. The molecular weight excluding hydrogens is 727 g/mol. The van der Waals surface area contributed by atoms with Gasteiger partial charge in [0.25, 0.3) is 0 Å². The number of hydrogen-bond acceptors (Lipinski definition) is 7. The molecule has 4 aromatic carbocycles. The van der Waals surface area contributed by atoms with Crippen molar-refractivity contribution in [2.75, 3.05) is 5.32 Å². The predicted octanol–water partition coefficient (Wildman–Crippen LogP) is 4.44. The third-order valence-corrected chi connectivity index (χ3v) is 9.05. The Morgan fingerprint density at radius 3 is 1.58 bits per heavy atom. The van der Waals surface area contributed by atoms with Gasteiger partial charge in [0.2, 0.25) is 29.5 Å². The van der Waals surface area contributed by atoms with E-state index in [0.717, 1.165) is 11.1 Å². The van der Waals surface area contributed by atoms with Crippen molar-refractivity contribution in [1.29, 1.82) is 0 Å². The van der Waals surface area contributed by atoms with Crippen LogP contribution in [0.5, 0.6) is 0 Å². The second-order valence-electron chi connectivity index (χ2n) is 13.5. The van der Waals surface area contributed by atoms with Crippen molar-refractivity contribution in [3.8, 4) is 11.1 Å². The Balaban J connectivity index is 1.36. The van der Waals surface area contributed by atoms with E-state index in [9.17, 15) is 33.9 Å². The lowest BCUT2D eigenvalue weighted by molar-refractivity contribution is -0.141. The first-order valence-corrected chi connectivity index (χ1v) is 18.5. The van der Waals surface area contributed by atoms with E-state index >= 15 is 0 Å². The molecule has 6 N–H and O–H groups in total. The Labute approximate surface area is 330 Å². The number of aliphatic carboxylic acids is 1. The number of nitrogens with one attached hydrogen (secondary N) is 5. The van der Waals surface area contributed by atoms with Crippen LogP contribution in [0.4, 0.5) is 5.69 Å². The van der Waals surface area contributed by atoms with Crippen LogP contribution in [0.3, 0.4) is 0 Å². The van der Waals surface area contributed by atoms with Crippen LogP contribution >= 0.6 is 0 Å². The van der Waals surface area contributed by atoms with Crippen LogP contribution < -0.4 is 26.6 Å². The lowest BCUT2D eigenvalue weighted by atomic mass is 9.99. The maximum Gasteiger partial charge on any atom is 0.325 e. The van der Waals surface area contributed by atoms with Crippen LogP contribution in [-0.2, 0) is 48.0 Å². The van der Waals surface area contributed by atoms with Crippen LogP contribution in [0.25, 0.3) is 11.1 Å².